The lowest BCUT2D eigenvalue weighted by molar-refractivity contribution is 0.0303. The third kappa shape index (κ3) is 2.85. The van der Waals surface area contributed by atoms with E-state index in [2.05, 4.69) is 10.3 Å². The maximum Gasteiger partial charge on any atom is 0.376 e. The van der Waals surface area contributed by atoms with Crippen molar-refractivity contribution in [3.63, 3.8) is 0 Å². The summed E-state index contributed by atoms with van der Waals surface area (Å²) in [5.74, 6) is -0.701. The van der Waals surface area contributed by atoms with Crippen LogP contribution in [0.5, 0.6) is 0 Å². The highest BCUT2D eigenvalue weighted by Gasteiger charge is 2.15. The van der Waals surface area contributed by atoms with Gasteiger partial charge in [-0.3, -0.25) is 4.79 Å². The third-order valence-electron chi connectivity index (χ3n) is 3.63. The molecule has 2 aromatic carbocycles. The molecule has 0 atom stereocenters. The van der Waals surface area contributed by atoms with Gasteiger partial charge in [-0.05, 0) is 36.4 Å². The van der Waals surface area contributed by atoms with Crippen molar-refractivity contribution in [1.82, 2.24) is 15.0 Å². The van der Waals surface area contributed by atoms with Crippen LogP contribution in [-0.4, -0.2) is 21.0 Å². The van der Waals surface area contributed by atoms with Gasteiger partial charge in [-0.15, -0.1) is 5.10 Å². The summed E-state index contributed by atoms with van der Waals surface area (Å²) in [7, 11) is 0. The second-order valence-corrected chi connectivity index (χ2v) is 5.70. The van der Waals surface area contributed by atoms with Crippen LogP contribution in [0.25, 0.3) is 21.9 Å². The van der Waals surface area contributed by atoms with Crippen molar-refractivity contribution >= 4 is 39.4 Å². The predicted molar refractivity (Wildman–Crippen MR) is 90.4 cm³/mol. The van der Waals surface area contributed by atoms with Gasteiger partial charge in [0.1, 0.15) is 11.1 Å². The number of hydrogen-bond acceptors (Lipinski definition) is 6. The highest BCUT2D eigenvalue weighted by Crippen LogP contribution is 2.23. The van der Waals surface area contributed by atoms with Gasteiger partial charge in [0.05, 0.1) is 5.39 Å². The lowest BCUT2D eigenvalue weighted by Gasteiger charge is -2.05. The first-order valence-electron chi connectivity index (χ1n) is 7.30. The highest BCUT2D eigenvalue weighted by molar-refractivity contribution is 6.31. The first-order valence-corrected chi connectivity index (χ1v) is 7.68. The Bertz CT molecular complexity index is 1170. The average molecular weight is 356 g/mol. The van der Waals surface area contributed by atoms with Crippen LogP contribution in [0, 0.1) is 0 Å². The monoisotopic (exact) mass is 355 g/mol. The Labute approximate surface area is 145 Å². The Morgan fingerprint density at radius 1 is 1.20 bits per heavy atom. The van der Waals surface area contributed by atoms with Crippen LogP contribution >= 0.6 is 11.6 Å². The van der Waals surface area contributed by atoms with Crippen LogP contribution in [0.2, 0.25) is 5.02 Å². The number of hydrogen-bond donors (Lipinski definition) is 0. The minimum absolute atomic E-state index is 0.0130. The number of fused-ring (bicyclic) bond motifs is 2. The largest absolute Gasteiger partial charge is 0.449 e. The molecular weight excluding hydrogens is 346 g/mol. The van der Waals surface area contributed by atoms with Gasteiger partial charge in [-0.2, -0.15) is 4.68 Å². The average Bonchev–Trinajstić information content (AvgIpc) is 3.04. The summed E-state index contributed by atoms with van der Waals surface area (Å²) in [6.45, 7) is -0.368. The minimum Gasteiger partial charge on any atom is -0.449 e. The number of benzene rings is 2. The lowest BCUT2D eigenvalue weighted by atomic mass is 10.2. The number of furan rings is 1. The molecule has 0 saturated heterocycles. The molecule has 0 unspecified atom stereocenters. The Hall–Kier alpha value is -3.19. The van der Waals surface area contributed by atoms with Crippen LogP contribution in [0.4, 0.5) is 0 Å². The van der Waals surface area contributed by atoms with E-state index in [1.807, 2.05) is 0 Å². The second kappa shape index (κ2) is 6.03. The molecular formula is C17H10ClN3O4. The molecule has 2 heterocycles. The molecule has 0 N–H and O–H groups in total. The molecule has 0 aliphatic heterocycles. The second-order valence-electron chi connectivity index (χ2n) is 5.26. The van der Waals surface area contributed by atoms with E-state index in [0.717, 1.165) is 4.68 Å². The Morgan fingerprint density at radius 2 is 2.04 bits per heavy atom. The SMILES string of the molecule is O=C(OCn1nnc2ccccc2c1=O)c1cc2cc(Cl)ccc2o1. The number of rotatable bonds is 3. The lowest BCUT2D eigenvalue weighted by Crippen LogP contribution is -2.26. The molecule has 0 spiro atoms. The number of halogens is 1. The van der Waals surface area contributed by atoms with Gasteiger partial charge < -0.3 is 9.15 Å². The van der Waals surface area contributed by atoms with Crippen molar-refractivity contribution in [2.24, 2.45) is 0 Å². The highest BCUT2D eigenvalue weighted by atomic mass is 35.5. The maximum atomic E-state index is 12.3. The van der Waals surface area contributed by atoms with E-state index in [-0.39, 0.29) is 12.5 Å². The number of nitrogens with zero attached hydrogens (tertiary/aromatic N) is 3. The van der Waals surface area contributed by atoms with Gasteiger partial charge in [0.25, 0.3) is 5.56 Å². The number of esters is 1. The van der Waals surface area contributed by atoms with E-state index in [4.69, 9.17) is 20.8 Å². The molecule has 0 amide bonds. The molecule has 4 rings (SSSR count). The first-order chi connectivity index (χ1) is 12.1. The molecule has 0 aliphatic carbocycles. The first kappa shape index (κ1) is 15.3. The Morgan fingerprint density at radius 3 is 2.92 bits per heavy atom. The number of carbonyl (C=O) groups excluding carboxylic acids is 1. The summed E-state index contributed by atoms with van der Waals surface area (Å²) < 4.78 is 11.5. The van der Waals surface area contributed by atoms with Crippen molar-refractivity contribution in [2.45, 2.75) is 6.73 Å². The summed E-state index contributed by atoms with van der Waals surface area (Å²) in [6, 6.07) is 13.3. The molecule has 0 fully saturated rings. The van der Waals surface area contributed by atoms with Crippen molar-refractivity contribution in [1.29, 1.82) is 0 Å². The van der Waals surface area contributed by atoms with Gasteiger partial charge in [-0.1, -0.05) is 28.9 Å². The van der Waals surface area contributed by atoms with E-state index < -0.39 is 11.5 Å². The molecule has 8 heteroatoms. The number of carbonyl (C=O) groups is 1. The fourth-order valence-corrected chi connectivity index (χ4v) is 2.59. The van der Waals surface area contributed by atoms with Crippen LogP contribution in [0.3, 0.4) is 0 Å². The Balaban J connectivity index is 1.57. The number of ether oxygens (including phenoxy) is 1. The van der Waals surface area contributed by atoms with E-state index in [1.54, 1.807) is 42.5 Å². The smallest absolute Gasteiger partial charge is 0.376 e. The Kier molecular flexibility index (Phi) is 3.70. The summed E-state index contributed by atoms with van der Waals surface area (Å²) in [5, 5.41) is 9.29. The van der Waals surface area contributed by atoms with E-state index in [9.17, 15) is 9.59 Å². The van der Waals surface area contributed by atoms with Crippen LogP contribution in [0.15, 0.2) is 57.7 Å². The fraction of sp³-hybridized carbons (Fsp3) is 0.0588. The minimum atomic E-state index is -0.714. The molecule has 7 nitrogen and oxygen atoms in total. The zero-order chi connectivity index (χ0) is 17.4. The maximum absolute atomic E-state index is 12.3. The van der Waals surface area contributed by atoms with Gasteiger partial charge in [0, 0.05) is 10.4 Å². The van der Waals surface area contributed by atoms with E-state index in [0.29, 0.717) is 26.9 Å². The third-order valence-corrected chi connectivity index (χ3v) is 3.86. The molecule has 124 valence electrons. The molecule has 0 bridgehead atoms. The summed E-state index contributed by atoms with van der Waals surface area (Å²) in [5.41, 5.74) is 0.595. The van der Waals surface area contributed by atoms with Crippen molar-refractivity contribution < 1.29 is 13.9 Å². The number of aromatic nitrogens is 3. The molecule has 0 saturated carbocycles. The zero-order valence-corrected chi connectivity index (χ0v) is 13.4. The molecule has 4 aromatic rings. The van der Waals surface area contributed by atoms with Crippen molar-refractivity contribution in [3.8, 4) is 0 Å². The van der Waals surface area contributed by atoms with Gasteiger partial charge in [-0.25, -0.2) is 4.79 Å². The summed E-state index contributed by atoms with van der Waals surface area (Å²) in [6.07, 6.45) is 0. The predicted octanol–water partition coefficient (Wildman–Crippen LogP) is 3.01. The topological polar surface area (TPSA) is 87.2 Å². The van der Waals surface area contributed by atoms with Crippen LogP contribution in [0.1, 0.15) is 10.6 Å². The molecule has 0 radical (unpaired) electrons. The van der Waals surface area contributed by atoms with E-state index in [1.165, 1.54) is 6.07 Å². The van der Waals surface area contributed by atoms with Gasteiger partial charge in [0.15, 0.2) is 6.73 Å². The van der Waals surface area contributed by atoms with Crippen molar-refractivity contribution in [3.05, 3.63) is 69.7 Å². The van der Waals surface area contributed by atoms with Crippen LogP contribution in [-0.2, 0) is 11.5 Å². The zero-order valence-electron chi connectivity index (χ0n) is 12.7. The van der Waals surface area contributed by atoms with Crippen molar-refractivity contribution in [2.75, 3.05) is 0 Å². The normalized spacial score (nSPS) is 11.1. The van der Waals surface area contributed by atoms with Gasteiger partial charge >= 0.3 is 5.97 Å². The molecule has 25 heavy (non-hydrogen) atoms. The van der Waals surface area contributed by atoms with E-state index >= 15 is 0 Å². The summed E-state index contributed by atoms with van der Waals surface area (Å²) in [4.78, 5) is 24.4. The fourth-order valence-electron chi connectivity index (χ4n) is 2.41. The molecule has 0 aliphatic rings. The molecule has 2 aromatic heterocycles. The standard InChI is InChI=1S/C17H10ClN3O4/c18-11-5-6-14-10(7-11)8-15(25-14)17(23)24-9-21-16(22)12-3-1-2-4-13(12)19-20-21/h1-8H,9H2. The quantitative estimate of drug-likeness (QED) is 0.525. The summed E-state index contributed by atoms with van der Waals surface area (Å²) >= 11 is 5.90. The van der Waals surface area contributed by atoms with Crippen LogP contribution < -0.4 is 5.56 Å². The van der Waals surface area contributed by atoms with Gasteiger partial charge in [0.2, 0.25) is 5.76 Å².